The minimum absolute atomic E-state index is 0.0769. The lowest BCUT2D eigenvalue weighted by atomic mass is 10.1. The van der Waals surface area contributed by atoms with Gasteiger partial charge in [-0.15, -0.1) is 4.36 Å². The number of amides is 2. The molecule has 0 saturated carbocycles. The van der Waals surface area contributed by atoms with Crippen molar-refractivity contribution in [3.63, 3.8) is 0 Å². The van der Waals surface area contributed by atoms with E-state index in [9.17, 15) is 22.5 Å². The number of benzene rings is 3. The largest absolute Gasteiger partial charge is 0.394 e. The number of aliphatic hydroxyl groups is 1. The van der Waals surface area contributed by atoms with Crippen molar-refractivity contribution < 1.29 is 22.5 Å². The van der Waals surface area contributed by atoms with E-state index >= 15 is 0 Å². The van der Waals surface area contributed by atoms with Gasteiger partial charge in [-0.2, -0.15) is 4.98 Å². The third kappa shape index (κ3) is 8.85. The maximum absolute atomic E-state index is 13.2. The second-order valence-corrected chi connectivity index (χ2v) is 15.3. The molecule has 0 spiro atoms. The van der Waals surface area contributed by atoms with E-state index in [1.54, 1.807) is 75.5 Å². The highest BCUT2D eigenvalue weighted by molar-refractivity contribution is 7.93. The van der Waals surface area contributed by atoms with Crippen LogP contribution in [-0.4, -0.2) is 58.7 Å². The summed E-state index contributed by atoms with van der Waals surface area (Å²) in [5.74, 6) is 0.599. The summed E-state index contributed by atoms with van der Waals surface area (Å²) in [6.07, 6.45) is 2.96. The summed E-state index contributed by atoms with van der Waals surface area (Å²) in [5, 5.41) is 18.6. The van der Waals surface area contributed by atoms with E-state index < -0.39 is 25.8 Å². The van der Waals surface area contributed by atoms with Gasteiger partial charge in [0.25, 0.3) is 10.0 Å². The molecule has 0 fully saturated rings. The lowest BCUT2D eigenvalue weighted by molar-refractivity contribution is 0.247. The van der Waals surface area contributed by atoms with Crippen LogP contribution in [0.4, 0.5) is 27.9 Å². The molecule has 0 bridgehead atoms. The number of hydrogen-bond acceptors (Lipinski definition) is 9. The summed E-state index contributed by atoms with van der Waals surface area (Å²) in [6.45, 7) is 5.17. The molecule has 3 aromatic carbocycles. The van der Waals surface area contributed by atoms with E-state index in [1.807, 2.05) is 0 Å². The molecular formula is C30H33Cl2N7O5S2. The fourth-order valence-electron chi connectivity index (χ4n) is 4.08. The fourth-order valence-corrected chi connectivity index (χ4v) is 7.06. The molecule has 244 valence electrons. The van der Waals surface area contributed by atoms with Crippen molar-refractivity contribution in [2.45, 2.75) is 42.6 Å². The predicted molar refractivity (Wildman–Crippen MR) is 183 cm³/mol. The first-order valence-electron chi connectivity index (χ1n) is 13.9. The summed E-state index contributed by atoms with van der Waals surface area (Å²) in [6, 6.07) is 16.3. The lowest BCUT2D eigenvalue weighted by Gasteiger charge is -2.17. The van der Waals surface area contributed by atoms with E-state index in [2.05, 4.69) is 35.0 Å². The molecule has 2 atom stereocenters. The van der Waals surface area contributed by atoms with Crippen molar-refractivity contribution in [1.82, 2.24) is 15.3 Å². The number of hydrogen-bond donors (Lipinski definition) is 5. The SMILES string of the molecule is CC(C)NC(=O)N=S(C)(=O)c1cccc(Nc2ncc(-c3ccc(NS(=O)(=O)c4cccc(Cl)c4Cl)cc3)c(N[C@H](C)CO)n2)c1. The van der Waals surface area contributed by atoms with Gasteiger partial charge in [-0.05, 0) is 68.8 Å². The van der Waals surface area contributed by atoms with Crippen LogP contribution in [0.5, 0.6) is 0 Å². The summed E-state index contributed by atoms with van der Waals surface area (Å²) in [4.78, 5) is 21.4. The van der Waals surface area contributed by atoms with Crippen molar-refractivity contribution in [3.05, 3.63) is 83.0 Å². The number of carbonyl (C=O) groups excluding carboxylic acids is 1. The zero-order valence-electron chi connectivity index (χ0n) is 25.3. The maximum atomic E-state index is 13.2. The number of carbonyl (C=O) groups is 1. The second kappa shape index (κ2) is 14.6. The molecule has 1 aromatic heterocycles. The predicted octanol–water partition coefficient (Wildman–Crippen LogP) is 6.36. The van der Waals surface area contributed by atoms with E-state index in [0.717, 1.165) is 0 Å². The highest BCUT2D eigenvalue weighted by Crippen LogP contribution is 2.32. The summed E-state index contributed by atoms with van der Waals surface area (Å²) in [7, 11) is -7.05. The monoisotopic (exact) mass is 705 g/mol. The number of aromatic nitrogens is 2. The molecule has 2 amide bonds. The first-order valence-corrected chi connectivity index (χ1v) is 18.1. The first-order chi connectivity index (χ1) is 21.7. The first kappa shape index (κ1) is 34.9. The molecule has 4 rings (SSSR count). The highest BCUT2D eigenvalue weighted by Gasteiger charge is 2.20. The van der Waals surface area contributed by atoms with Gasteiger partial charge in [0.1, 0.15) is 10.7 Å². The Bertz CT molecular complexity index is 1970. The van der Waals surface area contributed by atoms with Crippen LogP contribution in [0.2, 0.25) is 10.0 Å². The van der Waals surface area contributed by atoms with E-state index in [1.165, 1.54) is 24.5 Å². The van der Waals surface area contributed by atoms with Crippen LogP contribution in [0.3, 0.4) is 0 Å². The summed E-state index contributed by atoms with van der Waals surface area (Å²) < 4.78 is 45.4. The molecule has 4 aromatic rings. The van der Waals surface area contributed by atoms with Crippen LogP contribution in [-0.2, 0) is 19.8 Å². The molecule has 0 aliphatic carbocycles. The summed E-state index contributed by atoms with van der Waals surface area (Å²) in [5.41, 5.74) is 2.05. The van der Waals surface area contributed by atoms with Crippen molar-refractivity contribution in [3.8, 4) is 11.1 Å². The summed E-state index contributed by atoms with van der Waals surface area (Å²) >= 11 is 12.1. The Labute approximate surface area is 278 Å². The zero-order chi connectivity index (χ0) is 33.6. The van der Waals surface area contributed by atoms with Gasteiger partial charge in [0.15, 0.2) is 0 Å². The van der Waals surface area contributed by atoms with Crippen LogP contribution < -0.4 is 20.7 Å². The Balaban J connectivity index is 1.60. The van der Waals surface area contributed by atoms with E-state index in [0.29, 0.717) is 27.5 Å². The molecule has 1 heterocycles. The Morgan fingerprint density at radius 1 is 0.978 bits per heavy atom. The van der Waals surface area contributed by atoms with Crippen molar-refractivity contribution in [1.29, 1.82) is 0 Å². The standard InChI is InChI=1S/C30H33Cl2N7O5S2/c1-18(2)34-30(41)39-45(4,42)23-8-5-7-22(15-23)36-29-33-16-24(28(37-29)35-19(3)17-40)20-11-13-21(14-12-20)38-46(43,44)26-10-6-9-25(31)27(26)32/h5-16,18-19,38,40H,17H2,1-4H3,(H,34,41)(H2,33,35,36,37)/t19-,45?/m1/s1. The fraction of sp³-hybridized carbons (Fsp3) is 0.233. The molecule has 0 aliphatic heterocycles. The normalized spacial score (nSPS) is 13.4. The van der Waals surface area contributed by atoms with Crippen molar-refractivity contribution in [2.24, 2.45) is 4.36 Å². The zero-order valence-corrected chi connectivity index (χ0v) is 28.4. The average Bonchev–Trinajstić information content (AvgIpc) is 2.98. The third-order valence-corrected chi connectivity index (χ3v) is 10.3. The third-order valence-electron chi connectivity index (χ3n) is 6.30. The van der Waals surface area contributed by atoms with Gasteiger partial charge < -0.3 is 21.1 Å². The smallest absolute Gasteiger partial charge is 0.349 e. The van der Waals surface area contributed by atoms with Crippen LogP contribution in [0.15, 0.2) is 87.1 Å². The van der Waals surface area contributed by atoms with Gasteiger partial charge in [0, 0.05) is 46.4 Å². The number of nitrogens with one attached hydrogen (secondary N) is 4. The Kier molecular flexibility index (Phi) is 11.1. The van der Waals surface area contributed by atoms with Crippen molar-refractivity contribution in [2.75, 3.05) is 28.2 Å². The quantitative estimate of drug-likeness (QED) is 0.119. The molecule has 46 heavy (non-hydrogen) atoms. The van der Waals surface area contributed by atoms with Gasteiger partial charge in [-0.3, -0.25) is 4.72 Å². The Morgan fingerprint density at radius 2 is 1.67 bits per heavy atom. The number of sulfonamides is 1. The Hall–Kier alpha value is -3.95. The Morgan fingerprint density at radius 3 is 2.35 bits per heavy atom. The molecule has 0 saturated heterocycles. The number of aliphatic hydroxyl groups excluding tert-OH is 1. The van der Waals surface area contributed by atoms with Gasteiger partial charge >= 0.3 is 6.03 Å². The molecule has 1 unspecified atom stereocenters. The minimum Gasteiger partial charge on any atom is -0.394 e. The molecule has 0 radical (unpaired) electrons. The minimum atomic E-state index is -4.01. The topological polar surface area (TPSA) is 175 Å². The van der Waals surface area contributed by atoms with Gasteiger partial charge in [0.2, 0.25) is 5.95 Å². The van der Waals surface area contributed by atoms with Gasteiger partial charge in [-0.1, -0.05) is 47.5 Å². The van der Waals surface area contributed by atoms with Crippen LogP contribution >= 0.6 is 23.2 Å². The van der Waals surface area contributed by atoms with Crippen LogP contribution in [0.1, 0.15) is 20.8 Å². The van der Waals surface area contributed by atoms with Gasteiger partial charge in [-0.25, -0.2) is 22.4 Å². The molecule has 12 nitrogen and oxygen atoms in total. The number of anilines is 4. The highest BCUT2D eigenvalue weighted by atomic mass is 35.5. The maximum Gasteiger partial charge on any atom is 0.349 e. The molecular weight excluding hydrogens is 673 g/mol. The number of halogens is 2. The van der Waals surface area contributed by atoms with E-state index in [4.69, 9.17) is 23.2 Å². The van der Waals surface area contributed by atoms with E-state index in [-0.39, 0.29) is 45.3 Å². The van der Waals surface area contributed by atoms with Crippen LogP contribution in [0, 0.1) is 0 Å². The van der Waals surface area contributed by atoms with Gasteiger partial charge in [0.05, 0.1) is 26.4 Å². The average molecular weight is 707 g/mol. The number of nitrogens with zero attached hydrogens (tertiary/aromatic N) is 3. The van der Waals surface area contributed by atoms with Crippen LogP contribution in [0.25, 0.3) is 11.1 Å². The second-order valence-electron chi connectivity index (χ2n) is 10.6. The molecule has 5 N–H and O–H groups in total. The van der Waals surface area contributed by atoms with Crippen molar-refractivity contribution >= 4 is 72.1 Å². The molecule has 0 aliphatic rings. The lowest BCUT2D eigenvalue weighted by Crippen LogP contribution is -2.28. The number of urea groups is 1. The number of rotatable bonds is 11. The molecule has 16 heteroatoms.